The van der Waals surface area contributed by atoms with E-state index in [4.69, 9.17) is 10.5 Å². The summed E-state index contributed by atoms with van der Waals surface area (Å²) in [6.45, 7) is 0. The lowest BCUT2D eigenvalue weighted by Gasteiger charge is -2.10. The Bertz CT molecular complexity index is 580. The van der Waals surface area contributed by atoms with Crippen LogP contribution in [0, 0.1) is 0 Å². The summed E-state index contributed by atoms with van der Waals surface area (Å²) in [5, 5.41) is 2.95. The van der Waals surface area contributed by atoms with Gasteiger partial charge in [0.25, 0.3) is 5.56 Å². The van der Waals surface area contributed by atoms with Gasteiger partial charge in [0.15, 0.2) is 5.82 Å². The predicted octanol–water partition coefficient (Wildman–Crippen LogP) is 1.10. The molecule has 0 atom stereocenters. The number of nitrogen functional groups attached to an aromatic ring is 1. The number of hydrogen-bond donors (Lipinski definition) is 3. The second-order valence-electron chi connectivity index (χ2n) is 3.32. The first kappa shape index (κ1) is 11.0. The summed E-state index contributed by atoms with van der Waals surface area (Å²) in [7, 11) is 1.56. The maximum absolute atomic E-state index is 11.3. The highest BCUT2D eigenvalue weighted by Crippen LogP contribution is 2.26. The smallest absolute Gasteiger partial charge is 0.276 e. The molecule has 0 aliphatic rings. The SMILES string of the molecule is COc1ccccc1Nc1nc[nH]c(=O)c1N. The molecular formula is C11H12N4O2. The van der Waals surface area contributed by atoms with Crippen LogP contribution in [0.3, 0.4) is 0 Å². The van der Waals surface area contributed by atoms with Gasteiger partial charge in [-0.25, -0.2) is 4.98 Å². The molecule has 0 saturated heterocycles. The molecule has 0 aliphatic heterocycles. The molecule has 4 N–H and O–H groups in total. The number of ether oxygens (including phenoxy) is 1. The number of nitrogens with two attached hydrogens (primary N) is 1. The summed E-state index contributed by atoms with van der Waals surface area (Å²) in [6, 6.07) is 7.29. The molecule has 0 radical (unpaired) electrons. The Balaban J connectivity index is 2.38. The van der Waals surface area contributed by atoms with Crippen LogP contribution in [0.1, 0.15) is 0 Å². The van der Waals surface area contributed by atoms with Crippen molar-refractivity contribution in [1.29, 1.82) is 0 Å². The van der Waals surface area contributed by atoms with Crippen LogP contribution in [0.15, 0.2) is 35.4 Å². The first-order valence-corrected chi connectivity index (χ1v) is 4.95. The molecule has 0 saturated carbocycles. The summed E-state index contributed by atoms with van der Waals surface area (Å²) >= 11 is 0. The molecule has 0 spiro atoms. The third-order valence-electron chi connectivity index (χ3n) is 2.25. The van der Waals surface area contributed by atoms with Crippen molar-refractivity contribution in [3.63, 3.8) is 0 Å². The van der Waals surface area contributed by atoms with Gasteiger partial charge in [-0.1, -0.05) is 12.1 Å². The van der Waals surface area contributed by atoms with E-state index in [0.717, 1.165) is 0 Å². The lowest BCUT2D eigenvalue weighted by Crippen LogP contribution is -2.14. The normalized spacial score (nSPS) is 9.94. The average Bonchev–Trinajstić information content (AvgIpc) is 2.35. The van der Waals surface area contributed by atoms with Crippen LogP contribution >= 0.6 is 0 Å². The molecule has 0 amide bonds. The molecule has 17 heavy (non-hydrogen) atoms. The summed E-state index contributed by atoms with van der Waals surface area (Å²) in [4.78, 5) is 17.6. The quantitative estimate of drug-likeness (QED) is 0.737. The van der Waals surface area contributed by atoms with E-state index < -0.39 is 0 Å². The Morgan fingerprint density at radius 2 is 2.18 bits per heavy atom. The van der Waals surface area contributed by atoms with Crippen molar-refractivity contribution in [2.75, 3.05) is 18.2 Å². The standard InChI is InChI=1S/C11H12N4O2/c1-17-8-5-3-2-4-7(8)15-10-9(12)11(16)14-6-13-10/h2-6H,12H2,1H3,(H2,13,14,15,16). The third-order valence-corrected chi connectivity index (χ3v) is 2.25. The summed E-state index contributed by atoms with van der Waals surface area (Å²) in [5.74, 6) is 0.951. The fraction of sp³-hybridized carbons (Fsp3) is 0.0909. The van der Waals surface area contributed by atoms with E-state index in [2.05, 4.69) is 15.3 Å². The van der Waals surface area contributed by atoms with Gasteiger partial charge < -0.3 is 20.8 Å². The van der Waals surface area contributed by atoms with E-state index in [1.807, 2.05) is 12.1 Å². The lowest BCUT2D eigenvalue weighted by atomic mass is 10.3. The molecule has 6 nitrogen and oxygen atoms in total. The van der Waals surface area contributed by atoms with Crippen LogP contribution in [-0.2, 0) is 0 Å². The Kier molecular flexibility index (Phi) is 2.95. The molecular weight excluding hydrogens is 220 g/mol. The van der Waals surface area contributed by atoms with Crippen LogP contribution in [0.25, 0.3) is 0 Å². The number of rotatable bonds is 3. The van der Waals surface area contributed by atoms with E-state index >= 15 is 0 Å². The second kappa shape index (κ2) is 4.56. The molecule has 1 aromatic carbocycles. The van der Waals surface area contributed by atoms with E-state index in [9.17, 15) is 4.79 Å². The molecule has 2 rings (SSSR count). The van der Waals surface area contributed by atoms with E-state index in [1.54, 1.807) is 19.2 Å². The minimum Gasteiger partial charge on any atom is -0.495 e. The van der Waals surface area contributed by atoms with E-state index in [-0.39, 0.29) is 11.2 Å². The van der Waals surface area contributed by atoms with Crippen molar-refractivity contribution in [2.45, 2.75) is 0 Å². The van der Waals surface area contributed by atoms with E-state index in [0.29, 0.717) is 17.3 Å². The van der Waals surface area contributed by atoms with Crippen LogP contribution in [-0.4, -0.2) is 17.1 Å². The Labute approximate surface area is 97.5 Å². The van der Waals surface area contributed by atoms with Crippen molar-refractivity contribution in [3.8, 4) is 5.75 Å². The molecule has 6 heteroatoms. The number of nitrogens with zero attached hydrogens (tertiary/aromatic N) is 1. The lowest BCUT2D eigenvalue weighted by molar-refractivity contribution is 0.417. The first-order chi connectivity index (χ1) is 8.22. The zero-order valence-electron chi connectivity index (χ0n) is 9.23. The minimum absolute atomic E-state index is 0.0402. The number of aromatic amines is 1. The van der Waals surface area contributed by atoms with Crippen molar-refractivity contribution in [1.82, 2.24) is 9.97 Å². The van der Waals surface area contributed by atoms with Crippen LogP contribution in [0.2, 0.25) is 0 Å². The fourth-order valence-corrected chi connectivity index (χ4v) is 1.39. The number of H-pyrrole nitrogens is 1. The Morgan fingerprint density at radius 1 is 1.41 bits per heavy atom. The molecule has 1 heterocycles. The topological polar surface area (TPSA) is 93.0 Å². The summed E-state index contributed by atoms with van der Waals surface area (Å²) in [5.41, 5.74) is 5.97. The van der Waals surface area contributed by atoms with Gasteiger partial charge in [0.2, 0.25) is 0 Å². The minimum atomic E-state index is -0.377. The number of aromatic nitrogens is 2. The van der Waals surface area contributed by atoms with E-state index in [1.165, 1.54) is 6.33 Å². The number of hydrogen-bond acceptors (Lipinski definition) is 5. The maximum Gasteiger partial charge on any atom is 0.276 e. The summed E-state index contributed by atoms with van der Waals surface area (Å²) in [6.07, 6.45) is 1.29. The van der Waals surface area contributed by atoms with Gasteiger partial charge in [-0.05, 0) is 12.1 Å². The maximum atomic E-state index is 11.3. The number of nitrogens with one attached hydrogen (secondary N) is 2. The molecule has 0 bridgehead atoms. The summed E-state index contributed by atoms with van der Waals surface area (Å²) < 4.78 is 5.17. The molecule has 0 fully saturated rings. The number of benzene rings is 1. The van der Waals surface area contributed by atoms with Gasteiger partial charge in [0, 0.05) is 0 Å². The molecule has 0 aliphatic carbocycles. The zero-order valence-corrected chi connectivity index (χ0v) is 9.23. The van der Waals surface area contributed by atoms with Crippen molar-refractivity contribution in [3.05, 3.63) is 40.9 Å². The van der Waals surface area contributed by atoms with Gasteiger partial charge in [0.05, 0.1) is 19.1 Å². The fourth-order valence-electron chi connectivity index (χ4n) is 1.39. The molecule has 2 aromatic rings. The van der Waals surface area contributed by atoms with Crippen molar-refractivity contribution < 1.29 is 4.74 Å². The number of methoxy groups -OCH3 is 1. The zero-order chi connectivity index (χ0) is 12.3. The first-order valence-electron chi connectivity index (χ1n) is 4.95. The molecule has 1 aromatic heterocycles. The highest BCUT2D eigenvalue weighted by molar-refractivity contribution is 5.71. The average molecular weight is 232 g/mol. The van der Waals surface area contributed by atoms with Crippen molar-refractivity contribution in [2.24, 2.45) is 0 Å². The Morgan fingerprint density at radius 3 is 2.94 bits per heavy atom. The van der Waals surface area contributed by atoms with Gasteiger partial charge in [0.1, 0.15) is 11.4 Å². The van der Waals surface area contributed by atoms with Gasteiger partial charge >= 0.3 is 0 Å². The van der Waals surface area contributed by atoms with Crippen molar-refractivity contribution >= 4 is 17.2 Å². The predicted molar refractivity (Wildman–Crippen MR) is 65.5 cm³/mol. The van der Waals surface area contributed by atoms with Gasteiger partial charge in [-0.2, -0.15) is 0 Å². The number of para-hydroxylation sites is 2. The third kappa shape index (κ3) is 2.20. The number of anilines is 3. The molecule has 88 valence electrons. The van der Waals surface area contributed by atoms with Crippen LogP contribution in [0.4, 0.5) is 17.2 Å². The Hall–Kier alpha value is -2.50. The monoisotopic (exact) mass is 232 g/mol. The largest absolute Gasteiger partial charge is 0.495 e. The second-order valence-corrected chi connectivity index (χ2v) is 3.32. The van der Waals surface area contributed by atoms with Crippen LogP contribution < -0.4 is 21.3 Å². The van der Waals surface area contributed by atoms with Crippen LogP contribution in [0.5, 0.6) is 5.75 Å². The highest BCUT2D eigenvalue weighted by atomic mass is 16.5. The van der Waals surface area contributed by atoms with Gasteiger partial charge in [-0.15, -0.1) is 0 Å². The molecule has 0 unspecified atom stereocenters. The van der Waals surface area contributed by atoms with Gasteiger partial charge in [-0.3, -0.25) is 4.79 Å². The highest BCUT2D eigenvalue weighted by Gasteiger charge is 2.07.